The highest BCUT2D eigenvalue weighted by atomic mass is 35.5. The third-order valence-corrected chi connectivity index (χ3v) is 5.32. The molecule has 0 saturated carbocycles. The lowest BCUT2D eigenvalue weighted by molar-refractivity contribution is -0.266. The Morgan fingerprint density at radius 3 is 2.12 bits per heavy atom. The van der Waals surface area contributed by atoms with Crippen LogP contribution in [-0.2, 0) is 11.8 Å². The van der Waals surface area contributed by atoms with E-state index < -0.39 is 30.0 Å². The van der Waals surface area contributed by atoms with Gasteiger partial charge in [-0.3, -0.25) is 0 Å². The normalized spacial score (nSPS) is 15.0. The summed E-state index contributed by atoms with van der Waals surface area (Å²) < 4.78 is 41.3. The molecule has 0 heterocycles. The second kappa shape index (κ2) is 7.59. The molecule has 0 bridgehead atoms. The van der Waals surface area contributed by atoms with Crippen LogP contribution in [-0.4, -0.2) is 16.9 Å². The molecule has 0 saturated heterocycles. The highest BCUT2D eigenvalue weighted by molar-refractivity contribution is 6.42. The van der Waals surface area contributed by atoms with Gasteiger partial charge in [0.05, 0.1) is 10.0 Å². The molecule has 0 amide bonds. The Morgan fingerprint density at radius 1 is 0.923 bits per heavy atom. The SMILES string of the molecule is CC(C)(CC(O)(Cc1ccc(Cl)c(Cl)c1)C(F)(F)F)c1cccc(Cl)c1. The van der Waals surface area contributed by atoms with E-state index in [4.69, 9.17) is 34.8 Å². The van der Waals surface area contributed by atoms with Crippen molar-refractivity contribution in [2.45, 2.75) is 43.9 Å². The molecule has 26 heavy (non-hydrogen) atoms. The first-order chi connectivity index (χ1) is 11.8. The van der Waals surface area contributed by atoms with Gasteiger partial charge in [-0.05, 0) is 47.2 Å². The van der Waals surface area contributed by atoms with Crippen LogP contribution in [0.3, 0.4) is 0 Å². The number of alkyl halides is 3. The molecule has 0 fully saturated rings. The van der Waals surface area contributed by atoms with E-state index in [2.05, 4.69) is 0 Å². The van der Waals surface area contributed by atoms with E-state index >= 15 is 0 Å². The van der Waals surface area contributed by atoms with Gasteiger partial charge in [-0.2, -0.15) is 13.2 Å². The molecule has 0 radical (unpaired) electrons. The standard InChI is InChI=1S/C19H18Cl3F3O/c1-17(2,13-4-3-5-14(20)9-13)11-18(26,19(23,24)25)10-12-6-7-15(21)16(22)8-12/h3-9,26H,10-11H2,1-2H3. The summed E-state index contributed by atoms with van der Waals surface area (Å²) in [6, 6.07) is 10.8. The predicted molar refractivity (Wildman–Crippen MR) is 100 cm³/mol. The lowest BCUT2D eigenvalue weighted by Gasteiger charge is -2.38. The largest absolute Gasteiger partial charge is 0.417 e. The third kappa shape index (κ3) is 4.86. The number of halogens is 6. The van der Waals surface area contributed by atoms with Crippen LogP contribution in [0.2, 0.25) is 15.1 Å². The second-order valence-corrected chi connectivity index (χ2v) is 8.28. The fourth-order valence-corrected chi connectivity index (χ4v) is 3.50. The highest BCUT2D eigenvalue weighted by Crippen LogP contribution is 2.43. The lowest BCUT2D eigenvalue weighted by Crippen LogP contribution is -2.50. The maximum atomic E-state index is 13.8. The van der Waals surface area contributed by atoms with Crippen LogP contribution in [0.1, 0.15) is 31.4 Å². The summed E-state index contributed by atoms with van der Waals surface area (Å²) in [6.45, 7) is 3.29. The number of benzene rings is 2. The first-order valence-electron chi connectivity index (χ1n) is 7.83. The van der Waals surface area contributed by atoms with Crippen LogP contribution in [0.4, 0.5) is 13.2 Å². The second-order valence-electron chi connectivity index (χ2n) is 7.03. The number of rotatable bonds is 5. The van der Waals surface area contributed by atoms with Crippen molar-refractivity contribution in [3.8, 4) is 0 Å². The first-order valence-corrected chi connectivity index (χ1v) is 8.97. The molecule has 0 aliphatic carbocycles. The molecular weight excluding hydrogens is 408 g/mol. The van der Waals surface area contributed by atoms with E-state index in [0.29, 0.717) is 10.6 Å². The molecule has 142 valence electrons. The maximum absolute atomic E-state index is 13.8. The van der Waals surface area contributed by atoms with E-state index in [1.807, 2.05) is 0 Å². The molecule has 0 aliphatic heterocycles. The van der Waals surface area contributed by atoms with Crippen LogP contribution < -0.4 is 0 Å². The summed E-state index contributed by atoms with van der Waals surface area (Å²) in [5.74, 6) is 0. The fraction of sp³-hybridized carbons (Fsp3) is 0.368. The minimum absolute atomic E-state index is 0.141. The van der Waals surface area contributed by atoms with Crippen LogP contribution in [0.25, 0.3) is 0 Å². The van der Waals surface area contributed by atoms with Crippen molar-refractivity contribution in [3.63, 3.8) is 0 Å². The van der Waals surface area contributed by atoms with Crippen molar-refractivity contribution in [2.24, 2.45) is 0 Å². The van der Waals surface area contributed by atoms with Gasteiger partial charge >= 0.3 is 6.18 Å². The van der Waals surface area contributed by atoms with E-state index in [0.717, 1.165) is 0 Å². The van der Waals surface area contributed by atoms with Crippen molar-refractivity contribution in [1.29, 1.82) is 0 Å². The van der Waals surface area contributed by atoms with Crippen molar-refractivity contribution in [1.82, 2.24) is 0 Å². The minimum Gasteiger partial charge on any atom is -0.380 e. The van der Waals surface area contributed by atoms with Crippen LogP contribution in [0.5, 0.6) is 0 Å². The topological polar surface area (TPSA) is 20.2 Å². The molecule has 2 aromatic carbocycles. The fourth-order valence-electron chi connectivity index (χ4n) is 2.99. The smallest absolute Gasteiger partial charge is 0.380 e. The van der Waals surface area contributed by atoms with Crippen LogP contribution in [0, 0.1) is 0 Å². The van der Waals surface area contributed by atoms with Crippen LogP contribution >= 0.6 is 34.8 Å². The molecule has 7 heteroatoms. The third-order valence-electron chi connectivity index (χ3n) is 4.35. The highest BCUT2D eigenvalue weighted by Gasteiger charge is 2.55. The zero-order chi connectivity index (χ0) is 19.8. The summed E-state index contributed by atoms with van der Waals surface area (Å²) in [5.41, 5.74) is -3.04. The van der Waals surface area contributed by atoms with E-state index in [1.54, 1.807) is 38.1 Å². The molecule has 1 N–H and O–H groups in total. The van der Waals surface area contributed by atoms with Gasteiger partial charge in [0.2, 0.25) is 0 Å². The Balaban J connectivity index is 2.38. The Bertz CT molecular complexity index is 790. The quantitative estimate of drug-likeness (QED) is 0.555. The zero-order valence-electron chi connectivity index (χ0n) is 14.2. The Labute approximate surface area is 165 Å². The molecule has 0 spiro atoms. The van der Waals surface area contributed by atoms with Gasteiger partial charge in [0, 0.05) is 11.4 Å². The van der Waals surface area contributed by atoms with Crippen molar-refractivity contribution in [2.75, 3.05) is 0 Å². The van der Waals surface area contributed by atoms with E-state index in [9.17, 15) is 18.3 Å². The summed E-state index contributed by atoms with van der Waals surface area (Å²) in [5, 5.41) is 11.4. The summed E-state index contributed by atoms with van der Waals surface area (Å²) in [6.07, 6.45) is -5.99. The molecule has 0 aliphatic rings. The van der Waals surface area contributed by atoms with Gasteiger partial charge < -0.3 is 5.11 Å². The number of hydrogen-bond acceptors (Lipinski definition) is 1. The van der Waals surface area contributed by atoms with E-state index in [-0.39, 0.29) is 15.6 Å². The monoisotopic (exact) mass is 424 g/mol. The Kier molecular flexibility index (Phi) is 6.23. The molecule has 1 nitrogen and oxygen atoms in total. The van der Waals surface area contributed by atoms with E-state index in [1.165, 1.54) is 18.2 Å². The van der Waals surface area contributed by atoms with Gasteiger partial charge in [-0.15, -0.1) is 0 Å². The Morgan fingerprint density at radius 2 is 1.58 bits per heavy atom. The van der Waals surface area contributed by atoms with Crippen molar-refractivity contribution in [3.05, 3.63) is 68.7 Å². The molecule has 2 rings (SSSR count). The summed E-state index contributed by atoms with van der Waals surface area (Å²) >= 11 is 17.7. The average Bonchev–Trinajstić information content (AvgIpc) is 2.49. The number of hydrogen-bond donors (Lipinski definition) is 1. The maximum Gasteiger partial charge on any atom is 0.417 e. The summed E-state index contributed by atoms with van der Waals surface area (Å²) in [7, 11) is 0. The van der Waals surface area contributed by atoms with Crippen molar-refractivity contribution >= 4 is 34.8 Å². The zero-order valence-corrected chi connectivity index (χ0v) is 16.4. The van der Waals surface area contributed by atoms with Gasteiger partial charge in [0.1, 0.15) is 0 Å². The molecule has 2 aromatic rings. The average molecular weight is 426 g/mol. The van der Waals surface area contributed by atoms with Gasteiger partial charge in [0.25, 0.3) is 0 Å². The van der Waals surface area contributed by atoms with Gasteiger partial charge in [-0.1, -0.05) is 66.8 Å². The molecular formula is C19H18Cl3F3O. The first kappa shape index (κ1) is 21.4. The van der Waals surface area contributed by atoms with Gasteiger partial charge in [0.15, 0.2) is 5.60 Å². The van der Waals surface area contributed by atoms with Crippen molar-refractivity contribution < 1.29 is 18.3 Å². The predicted octanol–water partition coefficient (Wildman–Crippen LogP) is 6.85. The van der Waals surface area contributed by atoms with Gasteiger partial charge in [-0.25, -0.2) is 0 Å². The Hall–Kier alpha value is -0.940. The van der Waals surface area contributed by atoms with Crippen LogP contribution in [0.15, 0.2) is 42.5 Å². The minimum atomic E-state index is -4.82. The molecule has 0 aromatic heterocycles. The lowest BCUT2D eigenvalue weighted by atomic mass is 9.73. The summed E-state index contributed by atoms with van der Waals surface area (Å²) in [4.78, 5) is 0. The number of aliphatic hydroxyl groups is 1. The molecule has 1 unspecified atom stereocenters. The molecule has 1 atom stereocenters.